The molecule has 0 N–H and O–H groups in total. The van der Waals surface area contributed by atoms with Crippen LogP contribution >= 0.6 is 0 Å². The quantitative estimate of drug-likeness (QED) is 0.616. The third-order valence-electron chi connectivity index (χ3n) is 2.26. The highest BCUT2D eigenvalue weighted by Crippen LogP contribution is 2.32. The van der Waals surface area contributed by atoms with Gasteiger partial charge in [-0.15, -0.1) is 0 Å². The molecule has 0 fully saturated rings. The smallest absolute Gasteiger partial charge is 0.340 e. The minimum Gasteiger partial charge on any atom is -0.454 e. The van der Waals surface area contributed by atoms with Crippen LogP contribution in [0.2, 0.25) is 0 Å². The first kappa shape index (κ1) is 8.23. The van der Waals surface area contributed by atoms with Gasteiger partial charge < -0.3 is 4.74 Å². The van der Waals surface area contributed by atoms with Crippen LogP contribution < -0.4 is 0 Å². The van der Waals surface area contributed by atoms with Crippen molar-refractivity contribution in [3.8, 4) is 0 Å². The predicted octanol–water partition coefficient (Wildman–Crippen LogP) is 2.01. The Morgan fingerprint density at radius 1 is 1.62 bits per heavy atom. The van der Waals surface area contributed by atoms with Crippen LogP contribution in [0.15, 0.2) is 12.3 Å². The Morgan fingerprint density at radius 3 is 3.08 bits per heavy atom. The fourth-order valence-electron chi connectivity index (χ4n) is 1.58. The molecule has 1 aromatic rings. The van der Waals surface area contributed by atoms with Gasteiger partial charge in [0.1, 0.15) is 6.10 Å². The van der Waals surface area contributed by atoms with Crippen molar-refractivity contribution in [2.45, 2.75) is 26.4 Å². The molecular formula is C10H11NO2. The number of hydrogen-bond donors (Lipinski definition) is 0. The van der Waals surface area contributed by atoms with Crippen molar-refractivity contribution >= 4 is 5.97 Å². The van der Waals surface area contributed by atoms with Gasteiger partial charge in [0.15, 0.2) is 0 Å². The number of cyclic esters (lactones) is 1. The molecule has 3 heteroatoms. The molecule has 1 atom stereocenters. The number of carbonyl (C=O) groups is 1. The maximum atomic E-state index is 11.3. The lowest BCUT2D eigenvalue weighted by atomic mass is 10.1. The van der Waals surface area contributed by atoms with E-state index in [1.54, 1.807) is 6.20 Å². The second-order valence-electron chi connectivity index (χ2n) is 3.22. The Kier molecular flexibility index (Phi) is 1.79. The number of aromatic nitrogens is 1. The van der Waals surface area contributed by atoms with Gasteiger partial charge >= 0.3 is 5.97 Å². The molecule has 13 heavy (non-hydrogen) atoms. The van der Waals surface area contributed by atoms with Gasteiger partial charge in [0.05, 0.1) is 5.56 Å². The van der Waals surface area contributed by atoms with Crippen molar-refractivity contribution < 1.29 is 9.53 Å². The first-order valence-electron chi connectivity index (χ1n) is 4.40. The molecule has 0 aliphatic carbocycles. The Labute approximate surface area is 76.7 Å². The largest absolute Gasteiger partial charge is 0.454 e. The van der Waals surface area contributed by atoms with Crippen LogP contribution in [0.5, 0.6) is 0 Å². The fraction of sp³-hybridized carbons (Fsp3) is 0.400. The second-order valence-corrected chi connectivity index (χ2v) is 3.22. The summed E-state index contributed by atoms with van der Waals surface area (Å²) in [5.41, 5.74) is 2.54. The van der Waals surface area contributed by atoms with E-state index in [0.29, 0.717) is 5.56 Å². The lowest BCUT2D eigenvalue weighted by molar-refractivity contribution is 0.0378. The van der Waals surface area contributed by atoms with Crippen molar-refractivity contribution in [3.63, 3.8) is 0 Å². The van der Waals surface area contributed by atoms with Gasteiger partial charge in [-0.2, -0.15) is 0 Å². The highest BCUT2D eigenvalue weighted by atomic mass is 16.5. The van der Waals surface area contributed by atoms with Crippen molar-refractivity contribution in [2.24, 2.45) is 0 Å². The van der Waals surface area contributed by atoms with Crippen molar-refractivity contribution in [1.82, 2.24) is 4.98 Å². The Balaban J connectivity index is 2.52. The average molecular weight is 177 g/mol. The van der Waals surface area contributed by atoms with Crippen LogP contribution in [-0.4, -0.2) is 11.0 Å². The summed E-state index contributed by atoms with van der Waals surface area (Å²) in [7, 11) is 0. The number of aryl methyl sites for hydroxylation is 1. The maximum Gasteiger partial charge on any atom is 0.340 e. The van der Waals surface area contributed by atoms with Gasteiger partial charge in [-0.3, -0.25) is 4.98 Å². The maximum absolute atomic E-state index is 11.3. The normalized spacial score (nSPS) is 19.8. The zero-order chi connectivity index (χ0) is 9.42. The van der Waals surface area contributed by atoms with Crippen molar-refractivity contribution in [2.75, 3.05) is 0 Å². The van der Waals surface area contributed by atoms with E-state index in [0.717, 1.165) is 17.7 Å². The van der Waals surface area contributed by atoms with Crippen LogP contribution in [0.25, 0.3) is 0 Å². The lowest BCUT2D eigenvalue weighted by Gasteiger charge is -2.06. The third-order valence-corrected chi connectivity index (χ3v) is 2.26. The van der Waals surface area contributed by atoms with E-state index in [-0.39, 0.29) is 12.1 Å². The van der Waals surface area contributed by atoms with E-state index < -0.39 is 0 Å². The number of hydrogen-bond acceptors (Lipinski definition) is 3. The molecule has 0 aromatic carbocycles. The van der Waals surface area contributed by atoms with Crippen LogP contribution in [0.1, 0.15) is 41.1 Å². The summed E-state index contributed by atoms with van der Waals surface area (Å²) in [5, 5.41) is 0. The van der Waals surface area contributed by atoms with Crippen LogP contribution in [-0.2, 0) is 4.74 Å². The van der Waals surface area contributed by atoms with Gasteiger partial charge in [-0.25, -0.2) is 4.79 Å². The first-order chi connectivity index (χ1) is 6.22. The number of ether oxygens (including phenoxy) is 1. The third kappa shape index (κ3) is 1.20. The number of nitrogens with zero attached hydrogens (tertiary/aromatic N) is 1. The fourth-order valence-corrected chi connectivity index (χ4v) is 1.58. The van der Waals surface area contributed by atoms with E-state index in [9.17, 15) is 4.79 Å². The topological polar surface area (TPSA) is 39.2 Å². The van der Waals surface area contributed by atoms with Crippen molar-refractivity contribution in [1.29, 1.82) is 0 Å². The minimum absolute atomic E-state index is 0.0656. The summed E-state index contributed by atoms with van der Waals surface area (Å²) < 4.78 is 5.16. The van der Waals surface area contributed by atoms with Gasteiger partial charge in [0.2, 0.25) is 0 Å². The molecule has 68 valence electrons. The standard InChI is InChI=1S/C10H11NO2/c1-3-9-7-4-6(2)11-5-8(7)10(12)13-9/h4-5,9H,3H2,1-2H3. The second kappa shape index (κ2) is 2.83. The Bertz CT molecular complexity index is 360. The monoisotopic (exact) mass is 177 g/mol. The number of fused-ring (bicyclic) bond motifs is 1. The zero-order valence-corrected chi connectivity index (χ0v) is 7.70. The van der Waals surface area contributed by atoms with E-state index in [2.05, 4.69) is 4.98 Å². The van der Waals surface area contributed by atoms with E-state index in [1.807, 2.05) is 19.9 Å². The van der Waals surface area contributed by atoms with Crippen molar-refractivity contribution in [3.05, 3.63) is 29.1 Å². The highest BCUT2D eigenvalue weighted by molar-refractivity contribution is 5.93. The van der Waals surface area contributed by atoms with E-state index in [1.165, 1.54) is 0 Å². The molecule has 1 aliphatic rings. The first-order valence-corrected chi connectivity index (χ1v) is 4.40. The predicted molar refractivity (Wildman–Crippen MR) is 47.4 cm³/mol. The number of esters is 1. The van der Waals surface area contributed by atoms with E-state index in [4.69, 9.17) is 4.74 Å². The summed E-state index contributed by atoms with van der Waals surface area (Å²) in [6, 6.07) is 1.92. The highest BCUT2D eigenvalue weighted by Gasteiger charge is 2.29. The van der Waals surface area contributed by atoms with Crippen LogP contribution in [0.4, 0.5) is 0 Å². The minimum atomic E-state index is -0.241. The van der Waals surface area contributed by atoms with Gasteiger partial charge in [-0.05, 0) is 19.4 Å². The SMILES string of the molecule is CCC1OC(=O)c2cnc(C)cc21. The summed E-state index contributed by atoms with van der Waals surface area (Å²) in [5.74, 6) is -0.241. The number of pyridine rings is 1. The summed E-state index contributed by atoms with van der Waals surface area (Å²) in [6.45, 7) is 3.92. The molecule has 2 rings (SSSR count). The Morgan fingerprint density at radius 2 is 2.38 bits per heavy atom. The molecule has 0 saturated carbocycles. The summed E-state index contributed by atoms with van der Waals surface area (Å²) in [6.07, 6.45) is 2.36. The zero-order valence-electron chi connectivity index (χ0n) is 7.70. The molecule has 1 unspecified atom stereocenters. The molecular weight excluding hydrogens is 166 g/mol. The van der Waals surface area contributed by atoms with Gasteiger partial charge in [-0.1, -0.05) is 6.92 Å². The molecule has 1 aliphatic heterocycles. The lowest BCUT2D eigenvalue weighted by Crippen LogP contribution is -1.96. The molecule has 0 bridgehead atoms. The van der Waals surface area contributed by atoms with Gasteiger partial charge in [0, 0.05) is 17.5 Å². The molecule has 1 aromatic heterocycles. The van der Waals surface area contributed by atoms with Crippen LogP contribution in [0, 0.1) is 6.92 Å². The summed E-state index contributed by atoms with van der Waals surface area (Å²) in [4.78, 5) is 15.4. The molecule has 0 radical (unpaired) electrons. The van der Waals surface area contributed by atoms with E-state index >= 15 is 0 Å². The molecule has 0 amide bonds. The molecule has 2 heterocycles. The molecule has 0 saturated heterocycles. The molecule has 0 spiro atoms. The average Bonchev–Trinajstić information content (AvgIpc) is 2.42. The molecule has 3 nitrogen and oxygen atoms in total. The van der Waals surface area contributed by atoms with Gasteiger partial charge in [0.25, 0.3) is 0 Å². The van der Waals surface area contributed by atoms with Crippen LogP contribution in [0.3, 0.4) is 0 Å². The number of rotatable bonds is 1. The Hall–Kier alpha value is -1.38. The number of carbonyl (C=O) groups excluding carboxylic acids is 1. The summed E-state index contributed by atoms with van der Waals surface area (Å²) >= 11 is 0.